The van der Waals surface area contributed by atoms with E-state index in [0.717, 1.165) is 30.4 Å². The first-order valence-corrected chi connectivity index (χ1v) is 9.10. The molecule has 1 aliphatic heterocycles. The number of nitrogens with one attached hydrogen (secondary N) is 1. The minimum absolute atomic E-state index is 0.305. The maximum Gasteiger partial charge on any atom is 0.0685 e. The fourth-order valence-electron chi connectivity index (χ4n) is 4.90. The van der Waals surface area contributed by atoms with E-state index in [1.807, 2.05) is 0 Å². The first-order valence-electron chi connectivity index (χ1n) is 9.10. The van der Waals surface area contributed by atoms with Crippen LogP contribution < -0.4 is 5.32 Å². The Morgan fingerprint density at radius 2 is 2.05 bits per heavy atom. The van der Waals surface area contributed by atoms with E-state index >= 15 is 0 Å². The molecule has 1 spiro atoms. The highest BCUT2D eigenvalue weighted by atomic mass is 16.5. The Morgan fingerprint density at radius 1 is 1.20 bits per heavy atom. The Bertz CT molecular complexity index is 313. The lowest BCUT2D eigenvalue weighted by molar-refractivity contribution is -0.149. The van der Waals surface area contributed by atoms with Crippen molar-refractivity contribution in [3.05, 3.63) is 0 Å². The van der Waals surface area contributed by atoms with Crippen molar-refractivity contribution in [1.29, 1.82) is 0 Å². The molecule has 1 heterocycles. The lowest BCUT2D eigenvalue weighted by atomic mass is 9.68. The minimum atomic E-state index is 0.305. The van der Waals surface area contributed by atoms with E-state index in [1.165, 1.54) is 64.3 Å². The second kappa shape index (κ2) is 6.36. The first kappa shape index (κ1) is 14.8. The summed E-state index contributed by atoms with van der Waals surface area (Å²) in [6.07, 6.45) is 12.3. The molecule has 0 aromatic heterocycles. The van der Waals surface area contributed by atoms with Gasteiger partial charge in [-0.3, -0.25) is 0 Å². The van der Waals surface area contributed by atoms with Gasteiger partial charge in [-0.05, 0) is 75.7 Å². The summed E-state index contributed by atoms with van der Waals surface area (Å²) in [6, 6.07) is 0.765. The third kappa shape index (κ3) is 3.06. The van der Waals surface area contributed by atoms with Crippen LogP contribution in [-0.2, 0) is 4.74 Å². The van der Waals surface area contributed by atoms with Gasteiger partial charge in [0.15, 0.2) is 0 Å². The molecule has 3 rings (SSSR count). The molecule has 0 radical (unpaired) electrons. The van der Waals surface area contributed by atoms with Crippen molar-refractivity contribution in [3.8, 4) is 0 Å². The van der Waals surface area contributed by atoms with E-state index in [4.69, 9.17) is 4.74 Å². The maximum absolute atomic E-state index is 6.14. The van der Waals surface area contributed by atoms with Crippen LogP contribution in [0.3, 0.4) is 0 Å². The van der Waals surface area contributed by atoms with Crippen molar-refractivity contribution in [2.45, 2.75) is 83.3 Å². The van der Waals surface area contributed by atoms with E-state index in [2.05, 4.69) is 19.2 Å². The fraction of sp³-hybridized carbons (Fsp3) is 1.00. The molecule has 2 saturated carbocycles. The third-order valence-corrected chi connectivity index (χ3v) is 6.18. The maximum atomic E-state index is 6.14. The molecular formula is C18H33NO. The van der Waals surface area contributed by atoms with Crippen LogP contribution in [0.25, 0.3) is 0 Å². The van der Waals surface area contributed by atoms with Crippen molar-refractivity contribution >= 4 is 0 Å². The van der Waals surface area contributed by atoms with Gasteiger partial charge in [-0.2, -0.15) is 0 Å². The quantitative estimate of drug-likeness (QED) is 0.816. The van der Waals surface area contributed by atoms with Crippen molar-refractivity contribution < 1.29 is 4.74 Å². The van der Waals surface area contributed by atoms with Gasteiger partial charge >= 0.3 is 0 Å². The SMILES string of the molecule is CCCNC(C1CCC(C)C1)C1CCOC2(CCC2)C1. The molecule has 3 aliphatic rings. The van der Waals surface area contributed by atoms with Gasteiger partial charge in [0.2, 0.25) is 0 Å². The van der Waals surface area contributed by atoms with E-state index in [9.17, 15) is 0 Å². The Morgan fingerprint density at radius 3 is 2.65 bits per heavy atom. The van der Waals surface area contributed by atoms with E-state index < -0.39 is 0 Å². The van der Waals surface area contributed by atoms with Crippen molar-refractivity contribution in [3.63, 3.8) is 0 Å². The summed E-state index contributed by atoms with van der Waals surface area (Å²) in [6.45, 7) is 6.93. The number of hydrogen-bond acceptors (Lipinski definition) is 2. The molecule has 2 nitrogen and oxygen atoms in total. The Balaban J connectivity index is 1.64. The molecule has 0 aromatic carbocycles. The molecule has 4 atom stereocenters. The predicted molar refractivity (Wildman–Crippen MR) is 83.8 cm³/mol. The number of hydrogen-bond donors (Lipinski definition) is 1. The summed E-state index contributed by atoms with van der Waals surface area (Å²) in [4.78, 5) is 0. The fourth-order valence-corrected chi connectivity index (χ4v) is 4.90. The molecular weight excluding hydrogens is 246 g/mol. The molecule has 3 fully saturated rings. The van der Waals surface area contributed by atoms with Gasteiger partial charge in [-0.15, -0.1) is 0 Å². The van der Waals surface area contributed by atoms with Crippen LogP contribution in [-0.4, -0.2) is 24.8 Å². The van der Waals surface area contributed by atoms with Crippen molar-refractivity contribution in [1.82, 2.24) is 5.32 Å². The van der Waals surface area contributed by atoms with E-state index in [1.54, 1.807) is 0 Å². The lowest BCUT2D eigenvalue weighted by Gasteiger charge is -2.49. The molecule has 2 heteroatoms. The molecule has 2 aliphatic carbocycles. The van der Waals surface area contributed by atoms with Crippen LogP contribution in [0.2, 0.25) is 0 Å². The molecule has 1 N–H and O–H groups in total. The summed E-state index contributed by atoms with van der Waals surface area (Å²) in [5, 5.41) is 3.93. The van der Waals surface area contributed by atoms with E-state index in [0.29, 0.717) is 5.60 Å². The molecule has 0 aromatic rings. The van der Waals surface area contributed by atoms with Gasteiger partial charge in [0.05, 0.1) is 5.60 Å². The normalized spacial score (nSPS) is 37.8. The van der Waals surface area contributed by atoms with Crippen LogP contribution in [0.1, 0.15) is 71.6 Å². The second-order valence-electron chi connectivity index (χ2n) is 7.80. The molecule has 0 bridgehead atoms. The topological polar surface area (TPSA) is 21.3 Å². The zero-order valence-electron chi connectivity index (χ0n) is 13.5. The zero-order valence-corrected chi connectivity index (χ0v) is 13.5. The van der Waals surface area contributed by atoms with Gasteiger partial charge in [0.25, 0.3) is 0 Å². The average molecular weight is 279 g/mol. The van der Waals surface area contributed by atoms with E-state index in [-0.39, 0.29) is 0 Å². The van der Waals surface area contributed by atoms with Gasteiger partial charge < -0.3 is 10.1 Å². The smallest absolute Gasteiger partial charge is 0.0685 e. The highest BCUT2D eigenvalue weighted by Crippen LogP contribution is 2.47. The Labute approximate surface area is 125 Å². The van der Waals surface area contributed by atoms with Crippen LogP contribution in [0, 0.1) is 17.8 Å². The summed E-state index contributed by atoms with van der Waals surface area (Å²) in [5.41, 5.74) is 0.305. The molecule has 20 heavy (non-hydrogen) atoms. The zero-order chi connectivity index (χ0) is 14.0. The largest absolute Gasteiger partial charge is 0.375 e. The molecule has 116 valence electrons. The third-order valence-electron chi connectivity index (χ3n) is 6.18. The number of ether oxygens (including phenoxy) is 1. The van der Waals surface area contributed by atoms with Crippen molar-refractivity contribution in [2.75, 3.05) is 13.2 Å². The standard InChI is InChI=1S/C18H33NO/c1-3-10-19-17(15-6-5-14(2)12-15)16-7-11-20-18(13-16)8-4-9-18/h14-17,19H,3-13H2,1-2H3. The summed E-state index contributed by atoms with van der Waals surface area (Å²) in [7, 11) is 0. The minimum Gasteiger partial charge on any atom is -0.375 e. The highest BCUT2D eigenvalue weighted by molar-refractivity contribution is 4.98. The lowest BCUT2D eigenvalue weighted by Crippen LogP contribution is -2.52. The molecule has 4 unspecified atom stereocenters. The van der Waals surface area contributed by atoms with Gasteiger partial charge in [0.1, 0.15) is 0 Å². The van der Waals surface area contributed by atoms with Gasteiger partial charge in [0, 0.05) is 12.6 Å². The Kier molecular flexibility index (Phi) is 4.72. The molecule has 1 saturated heterocycles. The van der Waals surface area contributed by atoms with Crippen LogP contribution in [0.15, 0.2) is 0 Å². The summed E-state index contributed by atoms with van der Waals surface area (Å²) >= 11 is 0. The van der Waals surface area contributed by atoms with Crippen LogP contribution >= 0.6 is 0 Å². The van der Waals surface area contributed by atoms with Gasteiger partial charge in [-0.1, -0.05) is 20.3 Å². The number of rotatable bonds is 5. The van der Waals surface area contributed by atoms with Gasteiger partial charge in [-0.25, -0.2) is 0 Å². The summed E-state index contributed by atoms with van der Waals surface area (Å²) in [5.74, 6) is 2.74. The Hall–Kier alpha value is -0.0800. The first-order chi connectivity index (χ1) is 9.72. The monoisotopic (exact) mass is 279 g/mol. The summed E-state index contributed by atoms with van der Waals surface area (Å²) < 4.78 is 6.14. The highest BCUT2D eigenvalue weighted by Gasteiger charge is 2.45. The van der Waals surface area contributed by atoms with Crippen molar-refractivity contribution in [2.24, 2.45) is 17.8 Å². The average Bonchev–Trinajstić information content (AvgIpc) is 2.84. The van der Waals surface area contributed by atoms with Crippen LogP contribution in [0.4, 0.5) is 0 Å². The van der Waals surface area contributed by atoms with Crippen LogP contribution in [0.5, 0.6) is 0 Å². The second-order valence-corrected chi connectivity index (χ2v) is 7.80. The predicted octanol–water partition coefficient (Wildman–Crippen LogP) is 4.14. The molecule has 0 amide bonds.